The zero-order valence-corrected chi connectivity index (χ0v) is 10.8. The fraction of sp³-hybridized carbons (Fsp3) is 0.692. The van der Waals surface area contributed by atoms with Gasteiger partial charge in [0.2, 0.25) is 0 Å². The minimum atomic E-state index is -0.182. The van der Waals surface area contributed by atoms with Crippen LogP contribution < -0.4 is 4.90 Å². The van der Waals surface area contributed by atoms with Crippen molar-refractivity contribution >= 4 is 5.82 Å². The predicted octanol–water partition coefficient (Wildman–Crippen LogP) is 1.09. The Kier molecular flexibility index (Phi) is 2.56. The van der Waals surface area contributed by atoms with Gasteiger partial charge in [-0.2, -0.15) is 10.4 Å². The van der Waals surface area contributed by atoms with E-state index in [2.05, 4.69) is 16.1 Å². The van der Waals surface area contributed by atoms with E-state index in [9.17, 15) is 10.4 Å². The van der Waals surface area contributed by atoms with Gasteiger partial charge in [0.15, 0.2) is 0 Å². The minimum absolute atomic E-state index is 0.182. The van der Waals surface area contributed by atoms with Gasteiger partial charge in [-0.1, -0.05) is 0 Å². The molecule has 1 aromatic heterocycles. The molecule has 18 heavy (non-hydrogen) atoms. The second kappa shape index (κ2) is 3.99. The molecule has 0 saturated carbocycles. The van der Waals surface area contributed by atoms with Crippen molar-refractivity contribution in [1.82, 2.24) is 9.78 Å². The van der Waals surface area contributed by atoms with E-state index in [1.165, 1.54) is 0 Å². The van der Waals surface area contributed by atoms with Gasteiger partial charge in [0.05, 0.1) is 11.8 Å². The molecular formula is C13H18N4O. The molecule has 2 unspecified atom stereocenters. The van der Waals surface area contributed by atoms with Crippen molar-refractivity contribution in [3.8, 4) is 6.07 Å². The maximum atomic E-state index is 9.84. The summed E-state index contributed by atoms with van der Waals surface area (Å²) in [4.78, 5) is 2.32. The zero-order valence-electron chi connectivity index (χ0n) is 10.8. The molecule has 2 fully saturated rings. The summed E-state index contributed by atoms with van der Waals surface area (Å²) in [5.41, 5.74) is 1.48. The van der Waals surface area contributed by atoms with Gasteiger partial charge in [0.25, 0.3) is 0 Å². The van der Waals surface area contributed by atoms with Crippen molar-refractivity contribution in [3.05, 3.63) is 11.3 Å². The van der Waals surface area contributed by atoms with Crippen LogP contribution in [0.5, 0.6) is 0 Å². The first-order chi connectivity index (χ1) is 8.61. The number of nitrogens with zero attached hydrogens (tertiary/aromatic N) is 4. The summed E-state index contributed by atoms with van der Waals surface area (Å²) in [7, 11) is 1.90. The number of hydrogen-bond donors (Lipinski definition) is 1. The third-order valence-electron chi connectivity index (χ3n) is 4.26. The molecule has 3 heterocycles. The summed E-state index contributed by atoms with van der Waals surface area (Å²) in [6.45, 7) is 1.88. The first-order valence-corrected chi connectivity index (χ1v) is 6.52. The van der Waals surface area contributed by atoms with Crippen molar-refractivity contribution < 1.29 is 5.11 Å². The number of hydrogen-bond acceptors (Lipinski definition) is 4. The van der Waals surface area contributed by atoms with E-state index in [0.29, 0.717) is 17.6 Å². The van der Waals surface area contributed by atoms with Crippen LogP contribution in [-0.4, -0.2) is 33.1 Å². The van der Waals surface area contributed by atoms with E-state index in [-0.39, 0.29) is 6.10 Å². The summed E-state index contributed by atoms with van der Waals surface area (Å²) < 4.78 is 1.82. The maximum absolute atomic E-state index is 9.84. The SMILES string of the molecule is Cc1nn(C)c(N2C3CCC2CC(O)C3)c1C#N. The van der Waals surface area contributed by atoms with Gasteiger partial charge in [0.1, 0.15) is 17.5 Å². The van der Waals surface area contributed by atoms with Crippen LogP contribution in [0.4, 0.5) is 5.82 Å². The Morgan fingerprint density at radius 3 is 2.50 bits per heavy atom. The quantitative estimate of drug-likeness (QED) is 0.805. The van der Waals surface area contributed by atoms with Crippen LogP contribution in [-0.2, 0) is 7.05 Å². The van der Waals surface area contributed by atoms with Gasteiger partial charge in [-0.25, -0.2) is 0 Å². The van der Waals surface area contributed by atoms with Gasteiger partial charge in [-0.3, -0.25) is 4.68 Å². The number of aromatic nitrogens is 2. The van der Waals surface area contributed by atoms with Crippen molar-refractivity contribution in [2.75, 3.05) is 4.90 Å². The van der Waals surface area contributed by atoms with Gasteiger partial charge < -0.3 is 10.0 Å². The third kappa shape index (κ3) is 1.52. The van der Waals surface area contributed by atoms with E-state index in [0.717, 1.165) is 37.2 Å². The Morgan fingerprint density at radius 2 is 1.94 bits per heavy atom. The van der Waals surface area contributed by atoms with Crippen LogP contribution >= 0.6 is 0 Å². The molecule has 0 aliphatic carbocycles. The van der Waals surface area contributed by atoms with Crippen LogP contribution in [0.15, 0.2) is 0 Å². The summed E-state index contributed by atoms with van der Waals surface area (Å²) >= 11 is 0. The van der Waals surface area contributed by atoms with E-state index in [4.69, 9.17) is 0 Å². The summed E-state index contributed by atoms with van der Waals surface area (Å²) in [6, 6.07) is 3.00. The van der Waals surface area contributed by atoms with E-state index in [1.54, 1.807) is 0 Å². The number of rotatable bonds is 1. The van der Waals surface area contributed by atoms with Crippen molar-refractivity contribution in [2.24, 2.45) is 7.05 Å². The highest BCUT2D eigenvalue weighted by molar-refractivity contribution is 5.59. The normalized spacial score (nSPS) is 30.6. The zero-order chi connectivity index (χ0) is 12.9. The fourth-order valence-electron chi connectivity index (χ4n) is 3.57. The Morgan fingerprint density at radius 1 is 1.33 bits per heavy atom. The summed E-state index contributed by atoms with van der Waals surface area (Å²) in [5.74, 6) is 0.939. The molecule has 2 aliphatic rings. The lowest BCUT2D eigenvalue weighted by Crippen LogP contribution is -2.46. The average Bonchev–Trinajstić information content (AvgIpc) is 2.72. The minimum Gasteiger partial charge on any atom is -0.393 e. The van der Waals surface area contributed by atoms with Crippen LogP contribution in [0.1, 0.15) is 36.9 Å². The number of fused-ring (bicyclic) bond motifs is 2. The largest absolute Gasteiger partial charge is 0.393 e. The molecule has 3 rings (SSSR count). The lowest BCUT2D eigenvalue weighted by molar-refractivity contribution is 0.125. The van der Waals surface area contributed by atoms with Gasteiger partial charge >= 0.3 is 0 Å². The molecule has 0 amide bonds. The van der Waals surface area contributed by atoms with Crippen LogP contribution in [0.3, 0.4) is 0 Å². The first kappa shape index (κ1) is 11.5. The van der Waals surface area contributed by atoms with Crippen molar-refractivity contribution in [2.45, 2.75) is 50.8 Å². The molecule has 2 saturated heterocycles. The number of aliphatic hydroxyl groups is 1. The molecule has 0 aromatic carbocycles. The molecule has 1 aromatic rings. The van der Waals surface area contributed by atoms with Crippen molar-refractivity contribution in [3.63, 3.8) is 0 Å². The summed E-state index contributed by atoms with van der Waals surface area (Å²) in [5, 5.41) is 23.5. The van der Waals surface area contributed by atoms with Crippen LogP contribution in [0.2, 0.25) is 0 Å². The number of aliphatic hydroxyl groups excluding tert-OH is 1. The number of piperidine rings is 1. The molecule has 2 atom stereocenters. The van der Waals surface area contributed by atoms with Crippen LogP contribution in [0.25, 0.3) is 0 Å². The monoisotopic (exact) mass is 246 g/mol. The smallest absolute Gasteiger partial charge is 0.145 e. The average molecular weight is 246 g/mol. The topological polar surface area (TPSA) is 65.1 Å². The Balaban J connectivity index is 2.04. The molecule has 5 heteroatoms. The molecule has 2 bridgehead atoms. The molecule has 96 valence electrons. The maximum Gasteiger partial charge on any atom is 0.145 e. The number of anilines is 1. The van der Waals surface area contributed by atoms with E-state index < -0.39 is 0 Å². The second-order valence-electron chi connectivity index (χ2n) is 5.44. The predicted molar refractivity (Wildman–Crippen MR) is 67.2 cm³/mol. The lowest BCUT2D eigenvalue weighted by Gasteiger charge is -2.38. The van der Waals surface area contributed by atoms with Crippen molar-refractivity contribution in [1.29, 1.82) is 5.26 Å². The van der Waals surface area contributed by atoms with Gasteiger partial charge in [-0.15, -0.1) is 0 Å². The molecular weight excluding hydrogens is 228 g/mol. The fourth-order valence-corrected chi connectivity index (χ4v) is 3.57. The second-order valence-corrected chi connectivity index (χ2v) is 5.44. The van der Waals surface area contributed by atoms with Gasteiger partial charge in [0, 0.05) is 19.1 Å². The Labute approximate surface area is 107 Å². The molecule has 0 spiro atoms. The highest BCUT2D eigenvalue weighted by atomic mass is 16.3. The highest BCUT2D eigenvalue weighted by Gasteiger charge is 2.42. The van der Waals surface area contributed by atoms with E-state index >= 15 is 0 Å². The number of nitriles is 1. The third-order valence-corrected chi connectivity index (χ3v) is 4.26. The molecule has 5 nitrogen and oxygen atoms in total. The van der Waals surface area contributed by atoms with E-state index in [1.807, 2.05) is 18.7 Å². The lowest BCUT2D eigenvalue weighted by atomic mass is 9.99. The standard InChI is InChI=1S/C13H18N4O/c1-8-12(7-14)13(16(2)15-8)17-9-3-4-10(17)6-11(18)5-9/h9-11,18H,3-6H2,1-2H3. The first-order valence-electron chi connectivity index (χ1n) is 6.52. The molecule has 2 aliphatic heterocycles. The molecule has 0 radical (unpaired) electrons. The Hall–Kier alpha value is -1.54. The Bertz CT molecular complexity index is 502. The van der Waals surface area contributed by atoms with Crippen LogP contribution in [0, 0.1) is 18.3 Å². The highest BCUT2D eigenvalue weighted by Crippen LogP contribution is 2.40. The van der Waals surface area contributed by atoms with Gasteiger partial charge in [-0.05, 0) is 32.6 Å². The number of aryl methyl sites for hydroxylation is 2. The summed E-state index contributed by atoms with van der Waals surface area (Å²) in [6.07, 6.45) is 3.66. The molecule has 1 N–H and O–H groups in total.